The van der Waals surface area contributed by atoms with Crippen LogP contribution in [0.2, 0.25) is 0 Å². The molecule has 10 nitrogen and oxygen atoms in total. The molecule has 0 saturated carbocycles. The van der Waals surface area contributed by atoms with Gasteiger partial charge in [-0.2, -0.15) is 4.98 Å². The standard InChI is InChI=1S/C27H52N3O7P/c1-2-3-4-5-6-7-8-9-10-11-12-13-14-15-16-17-20-35-23-37-38(33,34)24-36-25(22-31)21-30-19-18-26(28)29-27(30)32/h18-19,25,31H,2-17,20-24H2,1H3,(H,33,34)(H2,28,29,32)/t25-/m0/s1. The molecular formula is C27H52N3O7P. The molecule has 0 aromatic carbocycles. The van der Waals surface area contributed by atoms with Crippen molar-refractivity contribution in [2.24, 2.45) is 0 Å². The van der Waals surface area contributed by atoms with Crippen LogP contribution in [0.15, 0.2) is 17.1 Å². The lowest BCUT2D eigenvalue weighted by molar-refractivity contribution is -0.0112. The van der Waals surface area contributed by atoms with Crippen molar-refractivity contribution in [1.29, 1.82) is 0 Å². The third-order valence-corrected chi connectivity index (χ3v) is 7.44. The Morgan fingerprint density at radius 3 is 1.97 bits per heavy atom. The van der Waals surface area contributed by atoms with Crippen molar-refractivity contribution in [3.05, 3.63) is 22.7 Å². The van der Waals surface area contributed by atoms with Gasteiger partial charge in [-0.1, -0.05) is 103 Å². The molecular weight excluding hydrogens is 509 g/mol. The van der Waals surface area contributed by atoms with Gasteiger partial charge in [0, 0.05) is 12.8 Å². The predicted molar refractivity (Wildman–Crippen MR) is 151 cm³/mol. The molecule has 0 saturated heterocycles. The third-order valence-electron chi connectivity index (χ3n) is 6.45. The second kappa shape index (κ2) is 22.5. The molecule has 0 aliphatic carbocycles. The predicted octanol–water partition coefficient (Wildman–Crippen LogP) is 5.60. The second-order valence-electron chi connectivity index (χ2n) is 9.98. The first-order valence-electron chi connectivity index (χ1n) is 14.5. The van der Waals surface area contributed by atoms with Gasteiger partial charge in [-0.15, -0.1) is 0 Å². The van der Waals surface area contributed by atoms with Gasteiger partial charge in [0.2, 0.25) is 0 Å². The molecule has 1 aromatic rings. The molecule has 0 aliphatic rings. The fourth-order valence-corrected chi connectivity index (χ4v) is 4.84. The first-order chi connectivity index (χ1) is 18.4. The number of nitrogens with zero attached hydrogens (tertiary/aromatic N) is 2. The zero-order valence-electron chi connectivity index (χ0n) is 23.4. The van der Waals surface area contributed by atoms with Crippen molar-refractivity contribution in [2.45, 2.75) is 122 Å². The molecule has 1 rings (SSSR count). The Balaban J connectivity index is 1.94. The number of aliphatic hydroxyl groups is 1. The highest BCUT2D eigenvalue weighted by atomic mass is 31.2. The van der Waals surface area contributed by atoms with Crippen LogP contribution in [0.5, 0.6) is 0 Å². The van der Waals surface area contributed by atoms with E-state index in [4.69, 9.17) is 19.7 Å². The summed E-state index contributed by atoms with van der Waals surface area (Å²) in [5, 5.41) is 9.45. The molecule has 0 aliphatic heterocycles. The van der Waals surface area contributed by atoms with Crippen molar-refractivity contribution in [3.63, 3.8) is 0 Å². The number of hydrogen-bond donors (Lipinski definition) is 3. The summed E-state index contributed by atoms with van der Waals surface area (Å²) < 4.78 is 28.8. The van der Waals surface area contributed by atoms with Crippen LogP contribution in [0.25, 0.3) is 0 Å². The van der Waals surface area contributed by atoms with Gasteiger partial charge in [0.15, 0.2) is 6.79 Å². The number of unbranched alkanes of at least 4 members (excludes halogenated alkanes) is 15. The Morgan fingerprint density at radius 2 is 1.47 bits per heavy atom. The molecule has 0 amide bonds. The minimum Gasteiger partial charge on any atom is -0.394 e. The number of ether oxygens (including phenoxy) is 2. The van der Waals surface area contributed by atoms with Gasteiger partial charge < -0.3 is 25.2 Å². The molecule has 0 spiro atoms. The minimum absolute atomic E-state index is 0.0433. The summed E-state index contributed by atoms with van der Waals surface area (Å²) in [6.45, 7) is 1.93. The van der Waals surface area contributed by atoms with E-state index in [1.54, 1.807) is 0 Å². The van der Waals surface area contributed by atoms with Gasteiger partial charge in [0.05, 0.1) is 19.3 Å². The van der Waals surface area contributed by atoms with Crippen molar-refractivity contribution < 1.29 is 28.6 Å². The van der Waals surface area contributed by atoms with E-state index in [1.165, 1.54) is 107 Å². The zero-order chi connectivity index (χ0) is 27.9. The summed E-state index contributed by atoms with van der Waals surface area (Å²) in [7, 11) is -4.06. The number of hydrogen-bond acceptors (Lipinski definition) is 8. The highest BCUT2D eigenvalue weighted by molar-refractivity contribution is 7.52. The number of rotatable bonds is 26. The van der Waals surface area contributed by atoms with E-state index in [0.717, 1.165) is 12.8 Å². The Labute approximate surface area is 228 Å². The van der Waals surface area contributed by atoms with E-state index in [9.17, 15) is 19.4 Å². The van der Waals surface area contributed by atoms with Crippen molar-refractivity contribution in [1.82, 2.24) is 9.55 Å². The van der Waals surface area contributed by atoms with Crippen LogP contribution in [0.4, 0.5) is 5.82 Å². The fourth-order valence-electron chi connectivity index (χ4n) is 4.13. The van der Waals surface area contributed by atoms with E-state index in [0.29, 0.717) is 6.61 Å². The molecule has 0 fully saturated rings. The molecule has 4 N–H and O–H groups in total. The van der Waals surface area contributed by atoms with Gasteiger partial charge >= 0.3 is 13.3 Å². The largest absolute Gasteiger partial charge is 0.394 e. The van der Waals surface area contributed by atoms with Crippen LogP contribution < -0.4 is 11.4 Å². The molecule has 1 heterocycles. The molecule has 0 bridgehead atoms. The minimum atomic E-state index is -4.06. The Morgan fingerprint density at radius 1 is 0.947 bits per heavy atom. The van der Waals surface area contributed by atoms with Crippen LogP contribution >= 0.6 is 7.60 Å². The third kappa shape index (κ3) is 18.9. The summed E-state index contributed by atoms with van der Waals surface area (Å²) in [6, 6.07) is 1.44. The van der Waals surface area contributed by atoms with Crippen LogP contribution in [0.1, 0.15) is 110 Å². The molecule has 38 heavy (non-hydrogen) atoms. The maximum Gasteiger partial charge on any atom is 0.355 e. The van der Waals surface area contributed by atoms with Crippen LogP contribution in [0.3, 0.4) is 0 Å². The molecule has 1 aromatic heterocycles. The lowest BCUT2D eigenvalue weighted by Crippen LogP contribution is -2.32. The van der Waals surface area contributed by atoms with E-state index < -0.39 is 32.3 Å². The van der Waals surface area contributed by atoms with E-state index in [1.807, 2.05) is 0 Å². The van der Waals surface area contributed by atoms with E-state index in [2.05, 4.69) is 11.9 Å². The SMILES string of the molecule is CCCCCCCCCCCCCCCCCCOCOP(=O)(O)CO[C@H](CO)Cn1ccc(N)nc1=O. The Kier molecular flexibility index (Phi) is 20.6. The second-order valence-corrected chi connectivity index (χ2v) is 11.8. The summed E-state index contributed by atoms with van der Waals surface area (Å²) >= 11 is 0. The van der Waals surface area contributed by atoms with Gasteiger partial charge in [-0.3, -0.25) is 13.7 Å². The van der Waals surface area contributed by atoms with E-state index in [-0.39, 0.29) is 19.2 Å². The average molecular weight is 562 g/mol. The number of nitrogen functional groups attached to an aromatic ring is 1. The maximum atomic E-state index is 12.1. The summed E-state index contributed by atoms with van der Waals surface area (Å²) in [5.74, 6) is 0.0839. The Bertz CT molecular complexity index is 809. The number of nitrogens with two attached hydrogens (primary N) is 1. The zero-order valence-corrected chi connectivity index (χ0v) is 24.3. The van der Waals surface area contributed by atoms with Gasteiger partial charge in [-0.05, 0) is 12.5 Å². The number of aromatic nitrogens is 2. The molecule has 0 radical (unpaired) electrons. The normalized spacial score (nSPS) is 14.0. The summed E-state index contributed by atoms with van der Waals surface area (Å²) in [6.07, 6.45) is 20.7. The molecule has 222 valence electrons. The fraction of sp³-hybridized carbons (Fsp3) is 0.852. The van der Waals surface area contributed by atoms with Crippen molar-refractivity contribution >= 4 is 13.4 Å². The van der Waals surface area contributed by atoms with Gasteiger partial charge in [-0.25, -0.2) is 4.79 Å². The van der Waals surface area contributed by atoms with Crippen LogP contribution in [0, 0.1) is 0 Å². The average Bonchev–Trinajstić information content (AvgIpc) is 2.89. The highest BCUT2D eigenvalue weighted by Crippen LogP contribution is 2.41. The first kappa shape index (κ1) is 34.7. The van der Waals surface area contributed by atoms with E-state index >= 15 is 0 Å². The number of aliphatic hydroxyl groups excluding tert-OH is 1. The van der Waals surface area contributed by atoms with Gasteiger partial charge in [0.1, 0.15) is 12.2 Å². The molecule has 11 heteroatoms. The lowest BCUT2D eigenvalue weighted by Gasteiger charge is -2.19. The highest BCUT2D eigenvalue weighted by Gasteiger charge is 2.23. The number of anilines is 1. The molecule has 1 unspecified atom stereocenters. The lowest BCUT2D eigenvalue weighted by atomic mass is 10.0. The topological polar surface area (TPSA) is 146 Å². The van der Waals surface area contributed by atoms with Crippen LogP contribution in [-0.2, 0) is 25.1 Å². The maximum absolute atomic E-state index is 12.1. The Hall–Kier alpha value is -1.29. The van der Waals surface area contributed by atoms with Crippen molar-refractivity contribution in [2.75, 3.05) is 32.1 Å². The smallest absolute Gasteiger partial charge is 0.355 e. The monoisotopic (exact) mass is 561 g/mol. The first-order valence-corrected chi connectivity index (χ1v) is 16.2. The van der Waals surface area contributed by atoms with Gasteiger partial charge in [0.25, 0.3) is 0 Å². The summed E-state index contributed by atoms with van der Waals surface area (Å²) in [4.78, 5) is 25.3. The molecule has 2 atom stereocenters. The van der Waals surface area contributed by atoms with Crippen LogP contribution in [-0.4, -0.2) is 52.0 Å². The van der Waals surface area contributed by atoms with Crippen molar-refractivity contribution in [3.8, 4) is 0 Å². The summed E-state index contributed by atoms with van der Waals surface area (Å²) in [5.41, 5.74) is 4.85. The quantitative estimate of drug-likeness (QED) is 0.0747.